The fourth-order valence-electron chi connectivity index (χ4n) is 2.97. The van der Waals surface area contributed by atoms with E-state index in [1.807, 2.05) is 6.92 Å². The first-order valence-corrected chi connectivity index (χ1v) is 7.98. The average Bonchev–Trinajstić information content (AvgIpc) is 3.23. The molecule has 0 heterocycles. The van der Waals surface area contributed by atoms with Crippen molar-refractivity contribution in [3.8, 4) is 6.07 Å². The third-order valence-electron chi connectivity index (χ3n) is 4.39. The van der Waals surface area contributed by atoms with Crippen LogP contribution in [0.5, 0.6) is 0 Å². The second-order valence-corrected chi connectivity index (χ2v) is 6.55. The van der Waals surface area contributed by atoms with Crippen LogP contribution < -0.4 is 5.32 Å². The smallest absolute Gasteiger partial charge is 0.104 e. The van der Waals surface area contributed by atoms with E-state index in [1.54, 1.807) is 0 Å². The normalized spacial score (nSPS) is 23.8. The number of hydrogen-bond acceptors (Lipinski definition) is 3. The number of nitrogens with zero attached hydrogens (tertiary/aromatic N) is 1. The van der Waals surface area contributed by atoms with Crippen LogP contribution in [-0.2, 0) is 4.74 Å². The monoisotopic (exact) mass is 264 g/mol. The number of nitriles is 1. The van der Waals surface area contributed by atoms with Crippen molar-refractivity contribution in [1.29, 1.82) is 5.26 Å². The first-order chi connectivity index (χ1) is 9.22. The van der Waals surface area contributed by atoms with Crippen LogP contribution in [0, 0.1) is 17.2 Å². The maximum Gasteiger partial charge on any atom is 0.104 e. The van der Waals surface area contributed by atoms with E-state index >= 15 is 0 Å². The predicted molar refractivity (Wildman–Crippen MR) is 76.8 cm³/mol. The largest absolute Gasteiger partial charge is 0.381 e. The summed E-state index contributed by atoms with van der Waals surface area (Å²) in [5.41, 5.74) is -0.352. The van der Waals surface area contributed by atoms with Gasteiger partial charge in [-0.05, 0) is 51.4 Å². The molecule has 2 rings (SSSR count). The molecule has 1 atom stereocenters. The lowest BCUT2D eigenvalue weighted by Gasteiger charge is -2.24. The predicted octanol–water partition coefficient (Wildman–Crippen LogP) is 3.40. The molecule has 0 saturated heterocycles. The van der Waals surface area contributed by atoms with Crippen molar-refractivity contribution in [2.24, 2.45) is 5.92 Å². The molecule has 2 fully saturated rings. The van der Waals surface area contributed by atoms with E-state index in [-0.39, 0.29) is 5.54 Å². The second-order valence-electron chi connectivity index (χ2n) is 6.55. The number of nitrogens with one attached hydrogen (secondary N) is 1. The van der Waals surface area contributed by atoms with Crippen molar-refractivity contribution in [3.05, 3.63) is 0 Å². The highest BCUT2D eigenvalue weighted by Crippen LogP contribution is 2.25. The first kappa shape index (κ1) is 14.8. The van der Waals surface area contributed by atoms with E-state index in [0.717, 1.165) is 32.0 Å². The van der Waals surface area contributed by atoms with Crippen LogP contribution in [0.25, 0.3) is 0 Å². The van der Waals surface area contributed by atoms with Crippen LogP contribution in [0.3, 0.4) is 0 Å². The maximum atomic E-state index is 9.27. The Morgan fingerprint density at radius 2 is 1.95 bits per heavy atom. The van der Waals surface area contributed by atoms with Crippen molar-refractivity contribution < 1.29 is 4.74 Å². The van der Waals surface area contributed by atoms with Gasteiger partial charge >= 0.3 is 0 Å². The minimum atomic E-state index is -0.352. The van der Waals surface area contributed by atoms with E-state index in [4.69, 9.17) is 4.74 Å². The zero-order valence-electron chi connectivity index (χ0n) is 12.3. The van der Waals surface area contributed by atoms with Crippen molar-refractivity contribution >= 4 is 0 Å². The van der Waals surface area contributed by atoms with Crippen molar-refractivity contribution in [2.75, 3.05) is 13.2 Å². The van der Waals surface area contributed by atoms with Gasteiger partial charge in [-0.1, -0.05) is 19.3 Å². The fraction of sp³-hybridized carbons (Fsp3) is 0.938. The second kappa shape index (κ2) is 7.26. The Morgan fingerprint density at radius 1 is 1.21 bits per heavy atom. The highest BCUT2D eigenvalue weighted by molar-refractivity contribution is 5.06. The number of ether oxygens (including phenoxy) is 1. The number of rotatable bonds is 8. The van der Waals surface area contributed by atoms with Gasteiger partial charge in [-0.3, -0.25) is 5.32 Å². The lowest BCUT2D eigenvalue weighted by Crippen LogP contribution is -2.42. The molecule has 0 radical (unpaired) electrons. The van der Waals surface area contributed by atoms with Crippen LogP contribution in [0.1, 0.15) is 64.7 Å². The van der Waals surface area contributed by atoms with E-state index in [1.165, 1.54) is 44.9 Å². The van der Waals surface area contributed by atoms with Gasteiger partial charge in [0.2, 0.25) is 0 Å². The van der Waals surface area contributed by atoms with Gasteiger partial charge < -0.3 is 4.74 Å². The molecule has 0 aromatic heterocycles. The molecular formula is C16H28N2O. The summed E-state index contributed by atoms with van der Waals surface area (Å²) in [6.07, 6.45) is 11.2. The Labute approximate surface area is 117 Å². The highest BCUT2D eigenvalue weighted by Gasteiger charge is 2.31. The Hall–Kier alpha value is -0.590. The third kappa shape index (κ3) is 5.50. The molecule has 1 unspecified atom stereocenters. The van der Waals surface area contributed by atoms with E-state index < -0.39 is 0 Å². The van der Waals surface area contributed by atoms with E-state index in [2.05, 4.69) is 11.4 Å². The molecule has 0 bridgehead atoms. The summed E-state index contributed by atoms with van der Waals surface area (Å²) in [4.78, 5) is 0. The van der Waals surface area contributed by atoms with Gasteiger partial charge in [-0.15, -0.1) is 0 Å². The van der Waals surface area contributed by atoms with Crippen LogP contribution in [-0.4, -0.2) is 24.8 Å². The summed E-state index contributed by atoms with van der Waals surface area (Å²) in [7, 11) is 0. The summed E-state index contributed by atoms with van der Waals surface area (Å²) in [6.45, 7) is 3.76. The topological polar surface area (TPSA) is 45.0 Å². The van der Waals surface area contributed by atoms with Gasteiger partial charge in [0.15, 0.2) is 0 Å². The first-order valence-electron chi connectivity index (χ1n) is 7.98. The van der Waals surface area contributed by atoms with E-state index in [9.17, 15) is 5.26 Å². The van der Waals surface area contributed by atoms with Crippen molar-refractivity contribution in [3.63, 3.8) is 0 Å². The van der Waals surface area contributed by atoms with Crippen LogP contribution in [0.2, 0.25) is 0 Å². The zero-order chi connectivity index (χ0) is 13.6. The highest BCUT2D eigenvalue weighted by atomic mass is 16.5. The summed E-state index contributed by atoms with van der Waals surface area (Å²) in [5, 5.41) is 12.7. The molecule has 2 aliphatic rings. The summed E-state index contributed by atoms with van der Waals surface area (Å²) in [6, 6.07) is 3.01. The maximum absolute atomic E-state index is 9.27. The van der Waals surface area contributed by atoms with Crippen molar-refractivity contribution in [1.82, 2.24) is 5.32 Å². The Bertz CT molecular complexity index is 302. The van der Waals surface area contributed by atoms with Gasteiger partial charge in [0.05, 0.1) is 6.07 Å². The molecule has 0 spiro atoms. The van der Waals surface area contributed by atoms with Gasteiger partial charge in [-0.2, -0.15) is 5.26 Å². The molecule has 0 amide bonds. The molecule has 2 saturated carbocycles. The van der Waals surface area contributed by atoms with Gasteiger partial charge in [0, 0.05) is 19.3 Å². The quantitative estimate of drug-likeness (QED) is 0.683. The van der Waals surface area contributed by atoms with Gasteiger partial charge in [-0.25, -0.2) is 0 Å². The molecule has 0 aromatic rings. The lowest BCUT2D eigenvalue weighted by molar-refractivity contribution is 0.0802. The number of hydrogen-bond donors (Lipinski definition) is 1. The van der Waals surface area contributed by atoms with E-state index in [0.29, 0.717) is 6.04 Å². The van der Waals surface area contributed by atoms with Crippen LogP contribution in [0.15, 0.2) is 0 Å². The Balaban J connectivity index is 1.53. The van der Waals surface area contributed by atoms with Crippen molar-refractivity contribution in [2.45, 2.75) is 76.3 Å². The molecular weight excluding hydrogens is 236 g/mol. The summed E-state index contributed by atoms with van der Waals surface area (Å²) in [5.74, 6) is 0.792. The molecule has 1 N–H and O–H groups in total. The fourth-order valence-corrected chi connectivity index (χ4v) is 2.97. The molecule has 2 aliphatic carbocycles. The molecule has 3 heteroatoms. The standard InChI is InChI=1S/C16H28N2O/c1-16(13-17,18-15-8-9-15)10-5-11-19-12-14-6-3-2-4-7-14/h14-15,18H,2-12H2,1H3. The van der Waals surface area contributed by atoms with Crippen LogP contribution >= 0.6 is 0 Å². The molecule has 0 aliphatic heterocycles. The lowest BCUT2D eigenvalue weighted by atomic mass is 9.90. The molecule has 3 nitrogen and oxygen atoms in total. The Morgan fingerprint density at radius 3 is 2.58 bits per heavy atom. The SMILES string of the molecule is CC(C#N)(CCCOCC1CCCCC1)NC1CC1. The average molecular weight is 264 g/mol. The summed E-state index contributed by atoms with van der Waals surface area (Å²) >= 11 is 0. The Kier molecular flexibility index (Phi) is 5.66. The van der Waals surface area contributed by atoms with Gasteiger partial charge in [0.25, 0.3) is 0 Å². The molecule has 19 heavy (non-hydrogen) atoms. The summed E-state index contributed by atoms with van der Waals surface area (Å²) < 4.78 is 5.80. The minimum Gasteiger partial charge on any atom is -0.381 e. The van der Waals surface area contributed by atoms with Crippen LogP contribution in [0.4, 0.5) is 0 Å². The molecule has 108 valence electrons. The minimum absolute atomic E-state index is 0.352. The zero-order valence-corrected chi connectivity index (χ0v) is 12.3. The van der Waals surface area contributed by atoms with Gasteiger partial charge in [0.1, 0.15) is 5.54 Å². The third-order valence-corrected chi connectivity index (χ3v) is 4.39. The molecule has 0 aromatic carbocycles.